The molecule has 2 aromatic heterocycles. The topological polar surface area (TPSA) is 68.8 Å². The first-order chi connectivity index (χ1) is 10.1. The van der Waals surface area contributed by atoms with Crippen molar-refractivity contribution >= 4 is 5.69 Å². The minimum Gasteiger partial charge on any atom is -0.378 e. The number of nitrogens with one attached hydrogen (secondary N) is 1. The van der Waals surface area contributed by atoms with Gasteiger partial charge in [-0.1, -0.05) is 17.3 Å². The van der Waals surface area contributed by atoms with Gasteiger partial charge in [-0.3, -0.25) is 4.68 Å². The molecule has 0 spiro atoms. The Hall–Kier alpha value is -2.63. The zero-order chi connectivity index (χ0) is 14.8. The zero-order valence-electron chi connectivity index (χ0n) is 12.2. The normalized spacial score (nSPS) is 12.3. The molecule has 3 rings (SSSR count). The van der Waals surface area contributed by atoms with Crippen molar-refractivity contribution in [2.24, 2.45) is 7.05 Å². The molecule has 0 bridgehead atoms. The van der Waals surface area contributed by atoms with Gasteiger partial charge < -0.3 is 9.84 Å². The SMILES string of the molecule is Cc1noc(-c2ccccc2NC(C)c2cnn(C)c2)n1. The van der Waals surface area contributed by atoms with E-state index in [1.54, 1.807) is 11.6 Å². The van der Waals surface area contributed by atoms with Gasteiger partial charge in [0.15, 0.2) is 5.82 Å². The summed E-state index contributed by atoms with van der Waals surface area (Å²) in [5.74, 6) is 1.15. The summed E-state index contributed by atoms with van der Waals surface area (Å²) in [6.07, 6.45) is 3.86. The zero-order valence-corrected chi connectivity index (χ0v) is 12.2. The van der Waals surface area contributed by atoms with E-state index in [4.69, 9.17) is 4.52 Å². The summed E-state index contributed by atoms with van der Waals surface area (Å²) in [5.41, 5.74) is 2.97. The number of para-hydroxylation sites is 1. The number of aromatic nitrogens is 4. The van der Waals surface area contributed by atoms with Crippen molar-refractivity contribution in [1.29, 1.82) is 0 Å². The monoisotopic (exact) mass is 283 g/mol. The molecule has 0 amide bonds. The Labute approximate surface area is 122 Å². The summed E-state index contributed by atoms with van der Waals surface area (Å²) < 4.78 is 7.06. The van der Waals surface area contributed by atoms with Crippen LogP contribution in [0.3, 0.4) is 0 Å². The number of aryl methyl sites for hydroxylation is 2. The van der Waals surface area contributed by atoms with E-state index >= 15 is 0 Å². The Kier molecular flexibility index (Phi) is 3.43. The summed E-state index contributed by atoms with van der Waals surface area (Å²) in [7, 11) is 1.91. The van der Waals surface area contributed by atoms with Gasteiger partial charge in [0.1, 0.15) is 0 Å². The van der Waals surface area contributed by atoms with Gasteiger partial charge in [-0.05, 0) is 26.0 Å². The molecule has 0 aliphatic rings. The molecule has 1 atom stereocenters. The van der Waals surface area contributed by atoms with E-state index < -0.39 is 0 Å². The van der Waals surface area contributed by atoms with E-state index in [9.17, 15) is 0 Å². The molecule has 0 aliphatic carbocycles. The Morgan fingerprint density at radius 3 is 2.76 bits per heavy atom. The fraction of sp³-hybridized carbons (Fsp3) is 0.267. The molecule has 0 saturated carbocycles. The van der Waals surface area contributed by atoms with E-state index in [-0.39, 0.29) is 6.04 Å². The maximum Gasteiger partial charge on any atom is 0.260 e. The lowest BCUT2D eigenvalue weighted by Crippen LogP contribution is -2.06. The standard InChI is InChI=1S/C15H17N5O/c1-10(12-8-16-20(3)9-12)17-14-7-5-4-6-13(14)15-18-11(2)19-21-15/h4-10,17H,1-3H3. The van der Waals surface area contributed by atoms with Crippen molar-refractivity contribution in [3.63, 3.8) is 0 Å². The van der Waals surface area contributed by atoms with E-state index in [2.05, 4.69) is 27.5 Å². The number of benzene rings is 1. The molecule has 1 aromatic carbocycles. The van der Waals surface area contributed by atoms with Crippen molar-refractivity contribution in [2.75, 3.05) is 5.32 Å². The molecule has 6 heteroatoms. The fourth-order valence-electron chi connectivity index (χ4n) is 2.18. The molecule has 108 valence electrons. The van der Waals surface area contributed by atoms with E-state index in [0.29, 0.717) is 11.7 Å². The maximum absolute atomic E-state index is 5.26. The smallest absolute Gasteiger partial charge is 0.260 e. The van der Waals surface area contributed by atoms with Crippen molar-refractivity contribution in [1.82, 2.24) is 19.9 Å². The van der Waals surface area contributed by atoms with Crippen LogP contribution in [-0.2, 0) is 7.05 Å². The molecular weight excluding hydrogens is 266 g/mol. The van der Waals surface area contributed by atoms with Crippen LogP contribution >= 0.6 is 0 Å². The van der Waals surface area contributed by atoms with Gasteiger partial charge in [0.05, 0.1) is 17.8 Å². The third kappa shape index (κ3) is 2.79. The Bertz CT molecular complexity index is 746. The molecule has 1 N–H and O–H groups in total. The Morgan fingerprint density at radius 1 is 1.29 bits per heavy atom. The number of nitrogens with zero attached hydrogens (tertiary/aromatic N) is 4. The highest BCUT2D eigenvalue weighted by Crippen LogP contribution is 2.29. The second kappa shape index (κ2) is 5.40. The molecule has 0 saturated heterocycles. The van der Waals surface area contributed by atoms with E-state index in [1.165, 1.54) is 0 Å². The van der Waals surface area contributed by atoms with Crippen molar-refractivity contribution < 1.29 is 4.52 Å². The molecular formula is C15H17N5O. The number of hydrogen-bond donors (Lipinski definition) is 1. The van der Waals surface area contributed by atoms with Gasteiger partial charge in [-0.2, -0.15) is 10.1 Å². The minimum absolute atomic E-state index is 0.129. The van der Waals surface area contributed by atoms with Gasteiger partial charge in [-0.15, -0.1) is 0 Å². The van der Waals surface area contributed by atoms with Crippen LogP contribution in [-0.4, -0.2) is 19.9 Å². The number of hydrogen-bond acceptors (Lipinski definition) is 5. The third-order valence-corrected chi connectivity index (χ3v) is 3.28. The summed E-state index contributed by atoms with van der Waals surface area (Å²) in [6, 6.07) is 8.02. The van der Waals surface area contributed by atoms with Crippen molar-refractivity contribution in [2.45, 2.75) is 19.9 Å². The fourth-order valence-corrected chi connectivity index (χ4v) is 2.18. The molecule has 0 aliphatic heterocycles. The average Bonchev–Trinajstić information content (AvgIpc) is 3.08. The molecule has 1 unspecified atom stereocenters. The lowest BCUT2D eigenvalue weighted by Gasteiger charge is -2.15. The van der Waals surface area contributed by atoms with Crippen LogP contribution in [0.1, 0.15) is 24.4 Å². The van der Waals surface area contributed by atoms with Crippen molar-refractivity contribution in [3.8, 4) is 11.5 Å². The van der Waals surface area contributed by atoms with Crippen LogP contribution in [0.4, 0.5) is 5.69 Å². The average molecular weight is 283 g/mol. The van der Waals surface area contributed by atoms with E-state index in [0.717, 1.165) is 16.8 Å². The van der Waals surface area contributed by atoms with Crippen LogP contribution in [0.5, 0.6) is 0 Å². The van der Waals surface area contributed by atoms with Gasteiger partial charge in [0, 0.05) is 24.5 Å². The highest BCUT2D eigenvalue weighted by molar-refractivity contribution is 5.72. The van der Waals surface area contributed by atoms with Crippen LogP contribution in [0, 0.1) is 6.92 Å². The first-order valence-electron chi connectivity index (χ1n) is 6.78. The number of rotatable bonds is 4. The van der Waals surface area contributed by atoms with Gasteiger partial charge in [0.2, 0.25) is 0 Å². The molecule has 0 fully saturated rings. The quantitative estimate of drug-likeness (QED) is 0.797. The lowest BCUT2D eigenvalue weighted by molar-refractivity contribution is 0.425. The summed E-state index contributed by atoms with van der Waals surface area (Å²) in [5, 5.41) is 11.5. The molecule has 2 heterocycles. The van der Waals surface area contributed by atoms with Crippen molar-refractivity contribution in [3.05, 3.63) is 48.0 Å². The van der Waals surface area contributed by atoms with Crippen LogP contribution < -0.4 is 5.32 Å². The van der Waals surface area contributed by atoms with Crippen LogP contribution in [0.25, 0.3) is 11.5 Å². The summed E-state index contributed by atoms with van der Waals surface area (Å²) in [4.78, 5) is 4.29. The Morgan fingerprint density at radius 2 is 2.10 bits per heavy atom. The van der Waals surface area contributed by atoms with Gasteiger partial charge in [0.25, 0.3) is 5.89 Å². The van der Waals surface area contributed by atoms with Crippen LogP contribution in [0.2, 0.25) is 0 Å². The Balaban J connectivity index is 1.89. The highest BCUT2D eigenvalue weighted by atomic mass is 16.5. The number of anilines is 1. The minimum atomic E-state index is 0.129. The van der Waals surface area contributed by atoms with Crippen LogP contribution in [0.15, 0.2) is 41.2 Å². The first kappa shape index (κ1) is 13.4. The van der Waals surface area contributed by atoms with Gasteiger partial charge >= 0.3 is 0 Å². The predicted molar refractivity (Wildman–Crippen MR) is 79.7 cm³/mol. The largest absolute Gasteiger partial charge is 0.378 e. The second-order valence-electron chi connectivity index (χ2n) is 5.01. The first-order valence-corrected chi connectivity index (χ1v) is 6.78. The van der Waals surface area contributed by atoms with E-state index in [1.807, 2.05) is 43.7 Å². The molecule has 21 heavy (non-hydrogen) atoms. The third-order valence-electron chi connectivity index (χ3n) is 3.28. The molecule has 0 radical (unpaired) electrons. The molecule has 6 nitrogen and oxygen atoms in total. The summed E-state index contributed by atoms with van der Waals surface area (Å²) >= 11 is 0. The molecule has 3 aromatic rings. The predicted octanol–water partition coefficient (Wildman–Crippen LogP) is 2.95. The maximum atomic E-state index is 5.26. The highest BCUT2D eigenvalue weighted by Gasteiger charge is 2.14. The van der Waals surface area contributed by atoms with Gasteiger partial charge in [-0.25, -0.2) is 0 Å². The summed E-state index contributed by atoms with van der Waals surface area (Å²) in [6.45, 7) is 3.90. The second-order valence-corrected chi connectivity index (χ2v) is 5.01. The lowest BCUT2D eigenvalue weighted by atomic mass is 10.1.